The molecule has 1 N–H and O–H groups in total. The lowest BCUT2D eigenvalue weighted by molar-refractivity contribution is 0.215. The summed E-state index contributed by atoms with van der Waals surface area (Å²) in [6.45, 7) is 7.04. The molecule has 7 heteroatoms. The first kappa shape index (κ1) is 15.6. The average molecular weight is 321 g/mol. The molecule has 0 bridgehead atoms. The van der Waals surface area contributed by atoms with Crippen LogP contribution in [0.5, 0.6) is 11.5 Å². The van der Waals surface area contributed by atoms with E-state index in [1.54, 1.807) is 30.3 Å². The molecule has 0 saturated heterocycles. The molecule has 0 radical (unpaired) electrons. The minimum Gasteiger partial charge on any atom is -0.492 e. The van der Waals surface area contributed by atoms with Gasteiger partial charge in [0.2, 0.25) is 5.69 Å². The summed E-state index contributed by atoms with van der Waals surface area (Å²) in [7, 11) is 1.23. The molecule has 0 heterocycles. The van der Waals surface area contributed by atoms with Crippen molar-refractivity contribution in [3.05, 3.63) is 58.7 Å². The lowest BCUT2D eigenvalue weighted by Crippen LogP contribution is -2.17. The summed E-state index contributed by atoms with van der Waals surface area (Å²) in [6, 6.07) is 9.26. The Kier molecular flexibility index (Phi) is 4.81. The Bertz CT molecular complexity index is 745. The molecule has 0 atom stereocenters. The smallest absolute Gasteiger partial charge is 0.416 e. The number of carbonyl (C=O) groups is 1. The van der Waals surface area contributed by atoms with Crippen molar-refractivity contribution >= 4 is 29.1 Å². The fourth-order valence-electron chi connectivity index (χ4n) is 1.71. The van der Waals surface area contributed by atoms with Crippen LogP contribution in [0, 0.1) is 12.4 Å². The first-order valence-corrected chi connectivity index (χ1v) is 6.42. The van der Waals surface area contributed by atoms with Crippen molar-refractivity contribution in [3.8, 4) is 11.5 Å². The number of methoxy groups -OCH3 is 1. The van der Waals surface area contributed by atoms with Gasteiger partial charge in [-0.2, -0.15) is 0 Å². The first-order chi connectivity index (χ1) is 10.6. The SMILES string of the molecule is [C-]#[N+]c1cc(F)c(OC)c(Cl)c1NC(=O)Oc1ccccc1. The monoisotopic (exact) mass is 320 g/mol. The Morgan fingerprint density at radius 2 is 2.05 bits per heavy atom. The highest BCUT2D eigenvalue weighted by Gasteiger charge is 2.20. The number of ether oxygens (including phenoxy) is 2. The van der Waals surface area contributed by atoms with E-state index in [1.807, 2.05) is 0 Å². The van der Waals surface area contributed by atoms with E-state index in [0.29, 0.717) is 5.75 Å². The molecule has 0 saturated carbocycles. The molecule has 5 nitrogen and oxygen atoms in total. The Morgan fingerprint density at radius 1 is 1.36 bits per heavy atom. The predicted molar refractivity (Wildman–Crippen MR) is 80.3 cm³/mol. The maximum Gasteiger partial charge on any atom is 0.416 e. The minimum absolute atomic E-state index is 0.0733. The van der Waals surface area contributed by atoms with Gasteiger partial charge in [0.05, 0.1) is 24.4 Å². The number of nitrogens with zero attached hydrogens (tertiary/aromatic N) is 1. The van der Waals surface area contributed by atoms with Gasteiger partial charge in [-0.1, -0.05) is 29.8 Å². The third-order valence-corrected chi connectivity index (χ3v) is 3.02. The van der Waals surface area contributed by atoms with Gasteiger partial charge >= 0.3 is 6.09 Å². The molecule has 0 fully saturated rings. The quantitative estimate of drug-likeness (QED) is 0.837. The van der Waals surface area contributed by atoms with Gasteiger partial charge in [-0.05, 0) is 18.2 Å². The number of rotatable bonds is 3. The number of benzene rings is 2. The largest absolute Gasteiger partial charge is 0.492 e. The second-order valence-electron chi connectivity index (χ2n) is 4.04. The number of halogens is 2. The Labute approximate surface area is 131 Å². The highest BCUT2D eigenvalue weighted by molar-refractivity contribution is 6.36. The maximum atomic E-state index is 13.7. The molecule has 0 spiro atoms. The molecule has 112 valence electrons. The zero-order valence-electron chi connectivity index (χ0n) is 11.4. The van der Waals surface area contributed by atoms with Crippen LogP contribution in [0.2, 0.25) is 5.02 Å². The molecule has 2 aromatic rings. The Hall–Kier alpha value is -2.78. The third kappa shape index (κ3) is 3.27. The van der Waals surface area contributed by atoms with E-state index in [1.165, 1.54) is 7.11 Å². The summed E-state index contributed by atoms with van der Waals surface area (Å²) in [4.78, 5) is 15.0. The van der Waals surface area contributed by atoms with Gasteiger partial charge in [-0.3, -0.25) is 5.32 Å². The number of nitrogens with one attached hydrogen (secondary N) is 1. The highest BCUT2D eigenvalue weighted by Crippen LogP contribution is 2.41. The van der Waals surface area contributed by atoms with E-state index in [0.717, 1.165) is 6.07 Å². The van der Waals surface area contributed by atoms with E-state index in [2.05, 4.69) is 10.2 Å². The van der Waals surface area contributed by atoms with Crippen LogP contribution >= 0.6 is 11.6 Å². The molecule has 2 rings (SSSR count). The summed E-state index contributed by atoms with van der Waals surface area (Å²) in [5, 5.41) is 2.12. The molecule has 0 aromatic heterocycles. The van der Waals surface area contributed by atoms with Crippen LogP contribution in [0.4, 0.5) is 20.6 Å². The molecule has 1 amide bonds. The van der Waals surface area contributed by atoms with Gasteiger partial charge in [-0.15, -0.1) is 0 Å². The average Bonchev–Trinajstić information content (AvgIpc) is 2.51. The van der Waals surface area contributed by atoms with Crippen LogP contribution in [-0.2, 0) is 0 Å². The number of hydrogen-bond acceptors (Lipinski definition) is 3. The predicted octanol–water partition coefficient (Wildman–Crippen LogP) is 4.65. The molecule has 0 aliphatic rings. The summed E-state index contributed by atoms with van der Waals surface area (Å²) in [5.74, 6) is -0.737. The highest BCUT2D eigenvalue weighted by atomic mass is 35.5. The number of hydrogen-bond donors (Lipinski definition) is 1. The van der Waals surface area contributed by atoms with E-state index in [9.17, 15) is 9.18 Å². The molecule has 22 heavy (non-hydrogen) atoms. The fraction of sp³-hybridized carbons (Fsp3) is 0.0667. The van der Waals surface area contributed by atoms with E-state index >= 15 is 0 Å². The lowest BCUT2D eigenvalue weighted by Gasteiger charge is -2.13. The Balaban J connectivity index is 2.29. The van der Waals surface area contributed by atoms with Crippen molar-refractivity contribution in [2.75, 3.05) is 12.4 Å². The number of carbonyl (C=O) groups excluding carboxylic acids is 1. The number of para-hydroxylation sites is 1. The molecule has 0 aliphatic carbocycles. The van der Waals surface area contributed by atoms with Crippen molar-refractivity contribution in [2.24, 2.45) is 0 Å². The summed E-state index contributed by atoms with van der Waals surface area (Å²) in [6.07, 6.45) is -0.855. The standard InChI is InChI=1S/C15H10ClFN2O3/c1-18-11-8-10(17)14(21-2)12(16)13(11)19-15(20)22-9-6-4-3-5-7-9/h3-8H,2H3,(H,19,20). The van der Waals surface area contributed by atoms with Crippen molar-refractivity contribution < 1.29 is 18.7 Å². The van der Waals surface area contributed by atoms with Gasteiger partial charge in [0, 0.05) is 0 Å². The van der Waals surface area contributed by atoms with Crippen LogP contribution in [0.15, 0.2) is 36.4 Å². The summed E-state index contributed by atoms with van der Waals surface area (Å²) in [5.41, 5.74) is -0.232. The van der Waals surface area contributed by atoms with Crippen LogP contribution in [0.25, 0.3) is 4.85 Å². The van der Waals surface area contributed by atoms with Gasteiger partial charge in [0.1, 0.15) is 5.75 Å². The van der Waals surface area contributed by atoms with Crippen LogP contribution < -0.4 is 14.8 Å². The van der Waals surface area contributed by atoms with Crippen LogP contribution in [0.3, 0.4) is 0 Å². The third-order valence-electron chi connectivity index (χ3n) is 2.66. The summed E-state index contributed by atoms with van der Waals surface area (Å²) < 4.78 is 23.5. The summed E-state index contributed by atoms with van der Waals surface area (Å²) >= 11 is 5.97. The fourth-order valence-corrected chi connectivity index (χ4v) is 2.02. The van der Waals surface area contributed by atoms with E-state index in [-0.39, 0.29) is 22.1 Å². The second kappa shape index (κ2) is 6.78. The number of anilines is 1. The van der Waals surface area contributed by atoms with Crippen molar-refractivity contribution in [1.29, 1.82) is 0 Å². The second-order valence-corrected chi connectivity index (χ2v) is 4.42. The Morgan fingerprint density at radius 3 is 2.64 bits per heavy atom. The van der Waals surface area contributed by atoms with Crippen molar-refractivity contribution in [1.82, 2.24) is 0 Å². The van der Waals surface area contributed by atoms with Crippen LogP contribution in [-0.4, -0.2) is 13.2 Å². The molecule has 2 aromatic carbocycles. The minimum atomic E-state index is -0.855. The van der Waals surface area contributed by atoms with E-state index < -0.39 is 11.9 Å². The number of amides is 1. The van der Waals surface area contributed by atoms with Gasteiger partial charge < -0.3 is 9.47 Å². The van der Waals surface area contributed by atoms with Gasteiger partial charge in [-0.25, -0.2) is 14.0 Å². The lowest BCUT2D eigenvalue weighted by atomic mass is 10.2. The van der Waals surface area contributed by atoms with Crippen molar-refractivity contribution in [3.63, 3.8) is 0 Å². The van der Waals surface area contributed by atoms with Crippen molar-refractivity contribution in [2.45, 2.75) is 0 Å². The molecular weight excluding hydrogens is 311 g/mol. The molecule has 0 aliphatic heterocycles. The molecule has 0 unspecified atom stereocenters. The van der Waals surface area contributed by atoms with Gasteiger partial charge in [0.25, 0.3) is 0 Å². The topological polar surface area (TPSA) is 51.9 Å². The zero-order chi connectivity index (χ0) is 16.1. The zero-order valence-corrected chi connectivity index (χ0v) is 12.1. The van der Waals surface area contributed by atoms with E-state index in [4.69, 9.17) is 27.6 Å². The first-order valence-electron chi connectivity index (χ1n) is 6.04. The normalized spacial score (nSPS) is 9.73. The van der Waals surface area contributed by atoms with Gasteiger partial charge in [0.15, 0.2) is 11.6 Å². The van der Waals surface area contributed by atoms with Crippen LogP contribution in [0.1, 0.15) is 0 Å². The molecular formula is C15H10ClFN2O3. The maximum absolute atomic E-state index is 13.7.